The maximum absolute atomic E-state index is 9.89. The molecule has 2 unspecified atom stereocenters. The third kappa shape index (κ3) is 5.38. The Kier molecular flexibility index (Phi) is 6.57. The summed E-state index contributed by atoms with van der Waals surface area (Å²) < 4.78 is 11.0. The molecule has 2 rings (SSSR count). The number of rotatable bonds is 8. The van der Waals surface area contributed by atoms with E-state index in [-0.39, 0.29) is 6.10 Å². The summed E-state index contributed by atoms with van der Waals surface area (Å²) in [6.07, 6.45) is 7.46. The van der Waals surface area contributed by atoms with E-state index in [0.717, 1.165) is 25.4 Å². The highest BCUT2D eigenvalue weighted by atomic mass is 16.5. The Balaban J connectivity index is 1.49. The molecule has 1 aliphatic heterocycles. The second-order valence-corrected chi connectivity index (χ2v) is 6.07. The van der Waals surface area contributed by atoms with Gasteiger partial charge in [0, 0.05) is 19.2 Å². The van der Waals surface area contributed by atoms with Crippen LogP contribution in [0.1, 0.15) is 45.4 Å². The number of aliphatic hydroxyl groups is 1. The molecule has 1 saturated carbocycles. The summed E-state index contributed by atoms with van der Waals surface area (Å²) in [6, 6.07) is 0.510. The van der Waals surface area contributed by atoms with Crippen molar-refractivity contribution >= 4 is 0 Å². The summed E-state index contributed by atoms with van der Waals surface area (Å²) in [5, 5.41) is 13.3. The Morgan fingerprint density at radius 1 is 1.26 bits per heavy atom. The molecule has 112 valence electrons. The maximum Gasteiger partial charge on any atom is 0.0897 e. The van der Waals surface area contributed by atoms with Gasteiger partial charge < -0.3 is 19.9 Å². The van der Waals surface area contributed by atoms with Gasteiger partial charge in [0.1, 0.15) is 0 Å². The molecule has 0 spiro atoms. The first-order valence-corrected chi connectivity index (χ1v) is 7.86. The van der Waals surface area contributed by atoms with Crippen molar-refractivity contribution < 1.29 is 14.6 Å². The van der Waals surface area contributed by atoms with Crippen molar-refractivity contribution in [2.45, 2.75) is 63.7 Å². The van der Waals surface area contributed by atoms with E-state index in [1.54, 1.807) is 0 Å². The van der Waals surface area contributed by atoms with E-state index in [4.69, 9.17) is 9.47 Å². The molecule has 4 nitrogen and oxygen atoms in total. The molecule has 1 aliphatic carbocycles. The lowest BCUT2D eigenvalue weighted by Crippen LogP contribution is -2.39. The number of ether oxygens (including phenoxy) is 2. The molecule has 1 saturated heterocycles. The van der Waals surface area contributed by atoms with Gasteiger partial charge in [-0.25, -0.2) is 0 Å². The largest absolute Gasteiger partial charge is 0.389 e. The van der Waals surface area contributed by atoms with Crippen molar-refractivity contribution in [1.82, 2.24) is 5.32 Å². The molecule has 4 heteroatoms. The molecule has 0 aromatic rings. The molecular weight excluding hydrogens is 242 g/mol. The molecule has 2 aliphatic rings. The third-order valence-electron chi connectivity index (χ3n) is 4.42. The van der Waals surface area contributed by atoms with Crippen molar-refractivity contribution in [3.8, 4) is 0 Å². The van der Waals surface area contributed by atoms with Gasteiger partial charge in [-0.05, 0) is 38.5 Å². The van der Waals surface area contributed by atoms with Crippen LogP contribution in [-0.4, -0.2) is 49.7 Å². The molecule has 19 heavy (non-hydrogen) atoms. The quantitative estimate of drug-likeness (QED) is 0.705. The average molecular weight is 271 g/mol. The van der Waals surface area contributed by atoms with Crippen LogP contribution in [0.3, 0.4) is 0 Å². The highest BCUT2D eigenvalue weighted by molar-refractivity contribution is 4.78. The van der Waals surface area contributed by atoms with Crippen LogP contribution < -0.4 is 5.32 Å². The summed E-state index contributed by atoms with van der Waals surface area (Å²) in [7, 11) is 0. The van der Waals surface area contributed by atoms with Crippen LogP contribution in [-0.2, 0) is 9.47 Å². The lowest BCUT2D eigenvalue weighted by molar-refractivity contribution is -0.0171. The standard InChI is InChI=1S/C15H29NO3/c1-12(13-5-2-3-6-13)16-9-14(17)10-18-11-15-7-4-8-19-15/h12-17H,2-11H2,1H3/t12-,14?,15?/m1/s1. The van der Waals surface area contributed by atoms with Crippen LogP contribution in [0.25, 0.3) is 0 Å². The van der Waals surface area contributed by atoms with E-state index in [2.05, 4.69) is 12.2 Å². The van der Waals surface area contributed by atoms with E-state index in [1.165, 1.54) is 25.7 Å². The fourth-order valence-corrected chi connectivity index (χ4v) is 3.12. The third-order valence-corrected chi connectivity index (χ3v) is 4.42. The first-order chi connectivity index (χ1) is 9.25. The van der Waals surface area contributed by atoms with Crippen LogP contribution in [0.5, 0.6) is 0 Å². The first kappa shape index (κ1) is 15.2. The Morgan fingerprint density at radius 3 is 2.74 bits per heavy atom. The SMILES string of the molecule is C[C@@H](NCC(O)COCC1CCCO1)C1CCCC1. The van der Waals surface area contributed by atoms with Gasteiger partial charge in [-0.2, -0.15) is 0 Å². The normalized spacial score (nSPS) is 27.8. The fourth-order valence-electron chi connectivity index (χ4n) is 3.12. The molecule has 0 aromatic carbocycles. The van der Waals surface area contributed by atoms with Gasteiger partial charge in [0.25, 0.3) is 0 Å². The van der Waals surface area contributed by atoms with Gasteiger partial charge in [0.2, 0.25) is 0 Å². The van der Waals surface area contributed by atoms with Crippen LogP contribution in [0.2, 0.25) is 0 Å². The number of hydrogen-bond acceptors (Lipinski definition) is 4. The Morgan fingerprint density at radius 2 is 2.05 bits per heavy atom. The molecule has 3 atom stereocenters. The van der Waals surface area contributed by atoms with E-state index in [9.17, 15) is 5.11 Å². The zero-order valence-corrected chi connectivity index (χ0v) is 12.1. The first-order valence-electron chi connectivity index (χ1n) is 7.86. The van der Waals surface area contributed by atoms with Crippen LogP contribution in [0.4, 0.5) is 0 Å². The zero-order chi connectivity index (χ0) is 13.5. The monoisotopic (exact) mass is 271 g/mol. The zero-order valence-electron chi connectivity index (χ0n) is 12.1. The minimum atomic E-state index is -0.412. The van der Waals surface area contributed by atoms with Gasteiger partial charge in [0.15, 0.2) is 0 Å². The minimum absolute atomic E-state index is 0.248. The molecule has 0 aromatic heterocycles. The van der Waals surface area contributed by atoms with E-state index in [0.29, 0.717) is 25.8 Å². The van der Waals surface area contributed by atoms with E-state index in [1.807, 2.05) is 0 Å². The number of aliphatic hydroxyl groups excluding tert-OH is 1. The highest BCUT2D eigenvalue weighted by Crippen LogP contribution is 2.27. The summed E-state index contributed by atoms with van der Waals surface area (Å²) >= 11 is 0. The summed E-state index contributed by atoms with van der Waals surface area (Å²) in [5.41, 5.74) is 0. The van der Waals surface area contributed by atoms with Gasteiger partial charge in [0.05, 0.1) is 25.4 Å². The lowest BCUT2D eigenvalue weighted by Gasteiger charge is -2.22. The Hall–Kier alpha value is -0.160. The second-order valence-electron chi connectivity index (χ2n) is 6.07. The summed E-state index contributed by atoms with van der Waals surface area (Å²) in [4.78, 5) is 0. The minimum Gasteiger partial charge on any atom is -0.389 e. The Labute approximate surface area is 116 Å². The van der Waals surface area contributed by atoms with Crippen molar-refractivity contribution in [3.05, 3.63) is 0 Å². The smallest absolute Gasteiger partial charge is 0.0897 e. The molecule has 2 fully saturated rings. The topological polar surface area (TPSA) is 50.7 Å². The predicted octanol–water partition coefficient (Wildman–Crippen LogP) is 1.71. The fraction of sp³-hybridized carbons (Fsp3) is 1.00. The van der Waals surface area contributed by atoms with Crippen molar-refractivity contribution in [2.24, 2.45) is 5.92 Å². The van der Waals surface area contributed by atoms with Crippen LogP contribution >= 0.6 is 0 Å². The van der Waals surface area contributed by atoms with Crippen LogP contribution in [0, 0.1) is 5.92 Å². The average Bonchev–Trinajstić information content (AvgIpc) is 3.08. The van der Waals surface area contributed by atoms with E-state index < -0.39 is 6.10 Å². The van der Waals surface area contributed by atoms with Gasteiger partial charge in [-0.1, -0.05) is 12.8 Å². The van der Waals surface area contributed by atoms with Crippen molar-refractivity contribution in [3.63, 3.8) is 0 Å². The predicted molar refractivity (Wildman–Crippen MR) is 75.2 cm³/mol. The van der Waals surface area contributed by atoms with E-state index >= 15 is 0 Å². The van der Waals surface area contributed by atoms with Crippen molar-refractivity contribution in [1.29, 1.82) is 0 Å². The molecule has 2 N–H and O–H groups in total. The maximum atomic E-state index is 9.89. The van der Waals surface area contributed by atoms with Crippen LogP contribution in [0.15, 0.2) is 0 Å². The number of nitrogens with one attached hydrogen (secondary N) is 1. The second kappa shape index (κ2) is 8.20. The van der Waals surface area contributed by atoms with Gasteiger partial charge in [-0.15, -0.1) is 0 Å². The van der Waals surface area contributed by atoms with Crippen molar-refractivity contribution in [2.75, 3.05) is 26.4 Å². The van der Waals surface area contributed by atoms with Gasteiger partial charge in [-0.3, -0.25) is 0 Å². The Bertz CT molecular complexity index is 238. The summed E-state index contributed by atoms with van der Waals surface area (Å²) in [6.45, 7) is 4.75. The summed E-state index contributed by atoms with van der Waals surface area (Å²) in [5.74, 6) is 0.792. The van der Waals surface area contributed by atoms with Gasteiger partial charge >= 0.3 is 0 Å². The molecule has 0 radical (unpaired) electrons. The number of hydrogen-bond donors (Lipinski definition) is 2. The molecule has 0 bridgehead atoms. The lowest BCUT2D eigenvalue weighted by atomic mass is 10.00. The molecule has 0 amide bonds. The highest BCUT2D eigenvalue weighted by Gasteiger charge is 2.22. The molecule has 1 heterocycles. The molecular formula is C15H29NO3.